The number of carbonyl (C=O) groups excluding carboxylic acids is 1. The number of sulfonamides is 1. The fourth-order valence-electron chi connectivity index (χ4n) is 3.77. The summed E-state index contributed by atoms with van der Waals surface area (Å²) in [5, 5.41) is 3.05. The molecule has 3 aromatic rings. The van der Waals surface area contributed by atoms with E-state index in [1.807, 2.05) is 18.2 Å². The first kappa shape index (κ1) is 19.0. The van der Waals surface area contributed by atoms with Crippen LogP contribution >= 0.6 is 15.9 Å². The van der Waals surface area contributed by atoms with E-state index in [4.69, 9.17) is 0 Å². The largest absolute Gasteiger partial charge is 0.339 e. The highest BCUT2D eigenvalue weighted by Crippen LogP contribution is 2.32. The summed E-state index contributed by atoms with van der Waals surface area (Å²) in [4.78, 5) is 15.0. The number of halogens is 1. The maximum Gasteiger partial charge on any atom is 0.285 e. The predicted molar refractivity (Wildman–Crippen MR) is 120 cm³/mol. The van der Waals surface area contributed by atoms with Crippen molar-refractivity contribution in [3.63, 3.8) is 0 Å². The normalized spacial score (nSPS) is 16.0. The molecule has 150 valence electrons. The van der Waals surface area contributed by atoms with Crippen molar-refractivity contribution in [2.24, 2.45) is 4.40 Å². The molecule has 0 atom stereocenters. The van der Waals surface area contributed by atoms with Gasteiger partial charge in [-0.1, -0.05) is 28.1 Å². The third kappa shape index (κ3) is 3.22. The molecule has 0 saturated heterocycles. The van der Waals surface area contributed by atoms with Crippen LogP contribution in [0.15, 0.2) is 80.5 Å². The molecule has 0 aliphatic carbocycles. The minimum Gasteiger partial charge on any atom is -0.339 e. The molecule has 1 N–H and O–H groups in total. The number of benzene rings is 3. The van der Waals surface area contributed by atoms with Crippen LogP contribution in [0, 0.1) is 0 Å². The Hall–Kier alpha value is -2.97. The molecule has 0 unspecified atom stereocenters. The molecular weight excluding hydrogens is 466 g/mol. The molecule has 2 aliphatic heterocycles. The molecule has 3 aromatic carbocycles. The Morgan fingerprint density at radius 3 is 2.60 bits per heavy atom. The highest BCUT2D eigenvalue weighted by Gasteiger charge is 2.29. The van der Waals surface area contributed by atoms with Crippen molar-refractivity contribution in [1.82, 2.24) is 0 Å². The van der Waals surface area contributed by atoms with Gasteiger partial charge in [-0.3, -0.25) is 4.79 Å². The molecule has 1 amide bonds. The van der Waals surface area contributed by atoms with Crippen molar-refractivity contribution in [2.75, 3.05) is 16.8 Å². The van der Waals surface area contributed by atoms with E-state index in [-0.39, 0.29) is 16.6 Å². The van der Waals surface area contributed by atoms with E-state index < -0.39 is 10.0 Å². The van der Waals surface area contributed by atoms with Gasteiger partial charge in [0.1, 0.15) is 4.90 Å². The number of hydrogen-bond donors (Lipinski definition) is 1. The van der Waals surface area contributed by atoms with Gasteiger partial charge in [0.05, 0.1) is 0 Å². The molecule has 0 saturated carbocycles. The zero-order chi connectivity index (χ0) is 20.9. The lowest BCUT2D eigenvalue weighted by Crippen LogP contribution is -2.28. The second kappa shape index (κ2) is 7.07. The van der Waals surface area contributed by atoms with E-state index in [0.717, 1.165) is 22.1 Å². The average Bonchev–Trinajstić information content (AvgIpc) is 3.26. The number of anilines is 2. The maximum absolute atomic E-state index is 13.0. The molecule has 0 bridgehead atoms. The Bertz CT molecular complexity index is 1320. The lowest BCUT2D eigenvalue weighted by Gasteiger charge is -2.18. The van der Waals surface area contributed by atoms with Crippen molar-refractivity contribution < 1.29 is 13.2 Å². The summed E-state index contributed by atoms with van der Waals surface area (Å²) in [6.45, 7) is 0.649. The van der Waals surface area contributed by atoms with Gasteiger partial charge in [-0.25, -0.2) is 0 Å². The summed E-state index contributed by atoms with van der Waals surface area (Å²) >= 11 is 3.47. The molecule has 30 heavy (non-hydrogen) atoms. The topological polar surface area (TPSA) is 78.8 Å². The number of hydrogen-bond acceptors (Lipinski definition) is 4. The van der Waals surface area contributed by atoms with Crippen LogP contribution in [0.4, 0.5) is 11.4 Å². The van der Waals surface area contributed by atoms with Crippen LogP contribution in [-0.2, 0) is 16.4 Å². The third-order valence-corrected chi connectivity index (χ3v) is 7.04. The van der Waals surface area contributed by atoms with Gasteiger partial charge in [0.2, 0.25) is 0 Å². The van der Waals surface area contributed by atoms with E-state index in [9.17, 15) is 13.2 Å². The van der Waals surface area contributed by atoms with Gasteiger partial charge in [-0.15, -0.1) is 4.40 Å². The van der Waals surface area contributed by atoms with Crippen LogP contribution in [0.3, 0.4) is 0 Å². The van der Waals surface area contributed by atoms with Crippen LogP contribution in [0.1, 0.15) is 21.5 Å². The molecule has 6 nitrogen and oxygen atoms in total. The van der Waals surface area contributed by atoms with Crippen molar-refractivity contribution in [3.8, 4) is 0 Å². The predicted octanol–water partition coefficient (Wildman–Crippen LogP) is 4.21. The summed E-state index contributed by atoms with van der Waals surface area (Å²) in [5.41, 5.74) is 3.85. The van der Waals surface area contributed by atoms with Gasteiger partial charge in [0.25, 0.3) is 15.9 Å². The quantitative estimate of drug-likeness (QED) is 0.594. The number of fused-ring (bicyclic) bond motifs is 2. The van der Waals surface area contributed by atoms with Crippen LogP contribution < -0.4 is 10.2 Å². The van der Waals surface area contributed by atoms with Crippen molar-refractivity contribution >= 4 is 49.1 Å². The number of carbonyl (C=O) groups is 1. The molecule has 0 spiro atoms. The summed E-state index contributed by atoms with van der Waals surface area (Å²) in [7, 11) is -3.68. The number of amidine groups is 1. The maximum atomic E-state index is 13.0. The second-order valence-corrected chi connectivity index (χ2v) is 9.58. The Labute approximate surface area is 182 Å². The van der Waals surface area contributed by atoms with E-state index in [2.05, 4.69) is 25.6 Å². The summed E-state index contributed by atoms with van der Waals surface area (Å²) < 4.78 is 29.2. The molecule has 2 aliphatic rings. The first-order valence-corrected chi connectivity index (χ1v) is 11.6. The Balaban J connectivity index is 1.37. The molecule has 0 aromatic heterocycles. The summed E-state index contributed by atoms with van der Waals surface area (Å²) in [6, 6.07) is 19.6. The molecule has 0 fully saturated rings. The third-order valence-electron chi connectivity index (χ3n) is 5.21. The van der Waals surface area contributed by atoms with Gasteiger partial charge >= 0.3 is 0 Å². The Morgan fingerprint density at radius 2 is 1.80 bits per heavy atom. The van der Waals surface area contributed by atoms with Crippen molar-refractivity contribution in [2.45, 2.75) is 11.3 Å². The first-order chi connectivity index (χ1) is 14.4. The van der Waals surface area contributed by atoms with Gasteiger partial charge < -0.3 is 10.2 Å². The van der Waals surface area contributed by atoms with E-state index >= 15 is 0 Å². The lowest BCUT2D eigenvalue weighted by molar-refractivity contribution is 0.0989. The van der Waals surface area contributed by atoms with E-state index in [0.29, 0.717) is 23.4 Å². The fraction of sp³-hybridized carbons (Fsp3) is 0.0909. The fourth-order valence-corrected chi connectivity index (χ4v) is 5.35. The van der Waals surface area contributed by atoms with Crippen molar-refractivity contribution in [3.05, 3.63) is 87.9 Å². The van der Waals surface area contributed by atoms with Gasteiger partial charge in [-0.05, 0) is 66.6 Å². The summed E-state index contributed by atoms with van der Waals surface area (Å²) in [5.74, 6) is 0.220. The Morgan fingerprint density at radius 1 is 1.03 bits per heavy atom. The lowest BCUT2D eigenvalue weighted by atomic mass is 10.1. The van der Waals surface area contributed by atoms with Crippen LogP contribution in [0.2, 0.25) is 0 Å². The average molecular weight is 482 g/mol. The van der Waals surface area contributed by atoms with E-state index in [1.54, 1.807) is 47.4 Å². The van der Waals surface area contributed by atoms with Gasteiger partial charge in [0, 0.05) is 33.5 Å². The minimum absolute atomic E-state index is 0.0613. The molecule has 2 heterocycles. The van der Waals surface area contributed by atoms with Crippen LogP contribution in [0.25, 0.3) is 0 Å². The smallest absolute Gasteiger partial charge is 0.285 e. The van der Waals surface area contributed by atoms with Gasteiger partial charge in [-0.2, -0.15) is 8.42 Å². The van der Waals surface area contributed by atoms with Crippen LogP contribution in [0.5, 0.6) is 0 Å². The number of amides is 1. The molecular formula is C22H16BrN3O3S. The monoisotopic (exact) mass is 481 g/mol. The SMILES string of the molecule is O=C(c1ccc(NC2=NS(=O)(=O)c3ccccc32)cc1)N1CCc2cc(Br)ccc21. The van der Waals surface area contributed by atoms with Crippen molar-refractivity contribution in [1.29, 1.82) is 0 Å². The number of rotatable bonds is 2. The highest BCUT2D eigenvalue weighted by atomic mass is 79.9. The minimum atomic E-state index is -3.68. The molecule has 8 heteroatoms. The molecule has 5 rings (SSSR count). The molecule has 0 radical (unpaired) electrons. The highest BCUT2D eigenvalue weighted by molar-refractivity contribution is 9.10. The summed E-state index contributed by atoms with van der Waals surface area (Å²) in [6.07, 6.45) is 0.827. The second-order valence-electron chi connectivity index (χ2n) is 7.09. The zero-order valence-electron chi connectivity index (χ0n) is 15.7. The van der Waals surface area contributed by atoms with E-state index in [1.165, 1.54) is 6.07 Å². The standard InChI is InChI=1S/C22H16BrN3O3S/c23-16-7-10-19-15(13-16)11-12-26(19)22(27)14-5-8-17(9-6-14)24-21-18-3-1-2-4-20(18)30(28,29)25-21/h1-10,13H,11-12H2,(H,24,25). The Kier molecular flexibility index (Phi) is 4.48. The van der Waals surface area contributed by atoms with Gasteiger partial charge in [0.15, 0.2) is 5.84 Å². The number of nitrogens with one attached hydrogen (secondary N) is 1. The zero-order valence-corrected chi connectivity index (χ0v) is 18.1. The van der Waals surface area contributed by atoms with Crippen LogP contribution in [-0.4, -0.2) is 26.7 Å². The number of nitrogens with zero attached hydrogens (tertiary/aromatic N) is 2. The first-order valence-electron chi connectivity index (χ1n) is 9.34.